The summed E-state index contributed by atoms with van der Waals surface area (Å²) in [7, 11) is -2.27. The van der Waals surface area contributed by atoms with E-state index in [0.29, 0.717) is 18.4 Å². The summed E-state index contributed by atoms with van der Waals surface area (Å²) in [5, 5.41) is 0. The minimum absolute atomic E-state index is 0.147. The average Bonchev–Trinajstić information content (AvgIpc) is 2.12. The van der Waals surface area contributed by atoms with E-state index in [1.165, 1.54) is 0 Å². The summed E-state index contributed by atoms with van der Waals surface area (Å²) >= 11 is 0. The van der Waals surface area contributed by atoms with Crippen molar-refractivity contribution in [2.24, 2.45) is 0 Å². The van der Waals surface area contributed by atoms with E-state index in [4.69, 9.17) is 9.79 Å². The topological polar surface area (TPSA) is 77.8 Å². The fourth-order valence-corrected chi connectivity index (χ4v) is 2.02. The van der Waals surface area contributed by atoms with Crippen molar-refractivity contribution < 1.29 is 19.1 Å². The highest BCUT2D eigenvalue weighted by Crippen LogP contribution is 2.36. The molecule has 0 bridgehead atoms. The van der Waals surface area contributed by atoms with Crippen LogP contribution in [-0.2, 0) is 9.36 Å². The average molecular weight is 263 g/mol. The standard InChI is InChI=1S/C11H22NO4P/c1-9(2)10(13)12(5)11(3,4)7-6-8-17(14,15)16/h1,6-8H2,2-5H3,(H2,14,15,16). The minimum atomic E-state index is -3.95. The highest BCUT2D eigenvalue weighted by molar-refractivity contribution is 7.51. The van der Waals surface area contributed by atoms with Crippen LogP contribution < -0.4 is 0 Å². The third kappa shape index (κ3) is 6.01. The Labute approximate surface area is 103 Å². The Hall–Kier alpha value is -0.640. The molecule has 0 aliphatic carbocycles. The fraction of sp³-hybridized carbons (Fsp3) is 0.727. The summed E-state index contributed by atoms with van der Waals surface area (Å²) < 4.78 is 10.7. The van der Waals surface area contributed by atoms with Crippen LogP contribution >= 0.6 is 7.60 Å². The molecule has 0 aromatic rings. The molecule has 17 heavy (non-hydrogen) atoms. The first kappa shape index (κ1) is 16.4. The van der Waals surface area contributed by atoms with Crippen LogP contribution in [-0.4, -0.2) is 39.3 Å². The van der Waals surface area contributed by atoms with Crippen molar-refractivity contribution in [3.8, 4) is 0 Å². The van der Waals surface area contributed by atoms with Crippen molar-refractivity contribution in [1.29, 1.82) is 0 Å². The van der Waals surface area contributed by atoms with Gasteiger partial charge in [0.15, 0.2) is 0 Å². The van der Waals surface area contributed by atoms with E-state index in [1.54, 1.807) is 18.9 Å². The number of hydrogen-bond acceptors (Lipinski definition) is 2. The lowest BCUT2D eigenvalue weighted by Gasteiger charge is -2.36. The Kier molecular flexibility index (Phi) is 5.59. The van der Waals surface area contributed by atoms with Crippen molar-refractivity contribution in [3.63, 3.8) is 0 Å². The lowest BCUT2D eigenvalue weighted by Crippen LogP contribution is -2.45. The minimum Gasteiger partial charge on any atom is -0.337 e. The monoisotopic (exact) mass is 263 g/mol. The molecular weight excluding hydrogens is 241 g/mol. The summed E-state index contributed by atoms with van der Waals surface area (Å²) in [6.07, 6.45) is 0.768. The third-order valence-corrected chi connectivity index (χ3v) is 3.71. The first-order chi connectivity index (χ1) is 7.47. The Morgan fingerprint density at radius 2 is 1.88 bits per heavy atom. The molecule has 0 unspecified atom stereocenters. The second-order valence-corrected chi connectivity index (χ2v) is 6.73. The van der Waals surface area contributed by atoms with Crippen LogP contribution in [0.1, 0.15) is 33.6 Å². The zero-order valence-electron chi connectivity index (χ0n) is 10.9. The molecule has 1 amide bonds. The zero-order valence-corrected chi connectivity index (χ0v) is 11.8. The Bertz CT molecular complexity index is 345. The predicted molar refractivity (Wildman–Crippen MR) is 67.8 cm³/mol. The van der Waals surface area contributed by atoms with Crippen LogP contribution in [0.15, 0.2) is 12.2 Å². The van der Waals surface area contributed by atoms with Gasteiger partial charge in [0.05, 0.1) is 0 Å². The van der Waals surface area contributed by atoms with Crippen LogP contribution in [0, 0.1) is 0 Å². The van der Waals surface area contributed by atoms with E-state index in [2.05, 4.69) is 6.58 Å². The SMILES string of the molecule is C=C(C)C(=O)N(C)C(C)(C)CCCP(=O)(O)O. The maximum Gasteiger partial charge on any atom is 0.325 e. The Balaban J connectivity index is 4.42. The van der Waals surface area contributed by atoms with E-state index in [1.807, 2.05) is 13.8 Å². The molecule has 6 heteroatoms. The van der Waals surface area contributed by atoms with Crippen LogP contribution in [0.3, 0.4) is 0 Å². The van der Waals surface area contributed by atoms with Gasteiger partial charge in [0.25, 0.3) is 0 Å². The molecule has 0 aliphatic rings. The van der Waals surface area contributed by atoms with Gasteiger partial charge in [0.2, 0.25) is 5.91 Å². The highest BCUT2D eigenvalue weighted by atomic mass is 31.2. The first-order valence-electron chi connectivity index (χ1n) is 5.45. The lowest BCUT2D eigenvalue weighted by molar-refractivity contribution is -0.130. The molecule has 0 heterocycles. The molecule has 0 atom stereocenters. The first-order valence-corrected chi connectivity index (χ1v) is 7.25. The number of carbonyl (C=O) groups is 1. The van der Waals surface area contributed by atoms with Crippen molar-refractivity contribution in [2.75, 3.05) is 13.2 Å². The molecule has 0 spiro atoms. The van der Waals surface area contributed by atoms with Crippen LogP contribution in [0.25, 0.3) is 0 Å². The van der Waals surface area contributed by atoms with Crippen LogP contribution in [0.5, 0.6) is 0 Å². The lowest BCUT2D eigenvalue weighted by atomic mass is 9.96. The van der Waals surface area contributed by atoms with Gasteiger partial charge in [-0.2, -0.15) is 0 Å². The molecule has 0 aromatic carbocycles. The van der Waals surface area contributed by atoms with Gasteiger partial charge in [-0.25, -0.2) is 0 Å². The van der Waals surface area contributed by atoms with Gasteiger partial charge < -0.3 is 14.7 Å². The van der Waals surface area contributed by atoms with E-state index in [9.17, 15) is 9.36 Å². The molecular formula is C11H22NO4P. The number of amides is 1. The van der Waals surface area contributed by atoms with Gasteiger partial charge in [-0.1, -0.05) is 6.58 Å². The summed E-state index contributed by atoms with van der Waals surface area (Å²) in [6.45, 7) is 8.97. The molecule has 2 N–H and O–H groups in total. The maximum absolute atomic E-state index is 11.7. The predicted octanol–water partition coefficient (Wildman–Crippen LogP) is 1.76. The second kappa shape index (κ2) is 5.80. The molecule has 0 saturated heterocycles. The smallest absolute Gasteiger partial charge is 0.325 e. The normalized spacial score (nSPS) is 12.4. The van der Waals surface area contributed by atoms with Crippen molar-refractivity contribution in [2.45, 2.75) is 39.2 Å². The third-order valence-electron chi connectivity index (χ3n) is 2.82. The van der Waals surface area contributed by atoms with Crippen molar-refractivity contribution >= 4 is 13.5 Å². The fourth-order valence-electron chi connectivity index (χ4n) is 1.45. The summed E-state index contributed by atoms with van der Waals surface area (Å²) in [5.41, 5.74) is 0.0149. The summed E-state index contributed by atoms with van der Waals surface area (Å²) in [6, 6.07) is 0. The van der Waals surface area contributed by atoms with Crippen LogP contribution in [0.4, 0.5) is 0 Å². The number of hydrogen-bond donors (Lipinski definition) is 2. The van der Waals surface area contributed by atoms with Gasteiger partial charge >= 0.3 is 7.60 Å². The molecule has 0 radical (unpaired) electrons. The Morgan fingerprint density at radius 1 is 1.41 bits per heavy atom. The second-order valence-electron chi connectivity index (χ2n) is 4.95. The molecule has 0 aliphatic heterocycles. The number of rotatable bonds is 6. The van der Waals surface area contributed by atoms with E-state index in [-0.39, 0.29) is 12.1 Å². The number of likely N-dealkylation sites (N-methyl/N-ethyl adjacent to an activating group) is 1. The van der Waals surface area contributed by atoms with Crippen LogP contribution in [0.2, 0.25) is 0 Å². The quantitative estimate of drug-likeness (QED) is 0.565. The summed E-state index contributed by atoms with van der Waals surface area (Å²) in [5.74, 6) is -0.147. The van der Waals surface area contributed by atoms with Gasteiger partial charge in [0, 0.05) is 24.3 Å². The highest BCUT2D eigenvalue weighted by Gasteiger charge is 2.28. The maximum atomic E-state index is 11.7. The molecule has 0 fully saturated rings. The zero-order chi connectivity index (χ0) is 13.9. The Morgan fingerprint density at radius 3 is 2.24 bits per heavy atom. The van der Waals surface area contributed by atoms with Crippen molar-refractivity contribution in [3.05, 3.63) is 12.2 Å². The van der Waals surface area contributed by atoms with Crippen molar-refractivity contribution in [1.82, 2.24) is 4.90 Å². The molecule has 0 saturated carbocycles. The molecule has 0 aromatic heterocycles. The van der Waals surface area contributed by atoms with E-state index >= 15 is 0 Å². The van der Waals surface area contributed by atoms with E-state index in [0.717, 1.165) is 0 Å². The van der Waals surface area contributed by atoms with Gasteiger partial charge in [0.1, 0.15) is 0 Å². The number of carbonyl (C=O) groups excluding carboxylic acids is 1. The van der Waals surface area contributed by atoms with E-state index < -0.39 is 13.1 Å². The molecule has 5 nitrogen and oxygen atoms in total. The largest absolute Gasteiger partial charge is 0.337 e. The molecule has 0 rings (SSSR count). The van der Waals surface area contributed by atoms with Gasteiger partial charge in [-0.15, -0.1) is 0 Å². The van der Waals surface area contributed by atoms with Gasteiger partial charge in [-0.05, 0) is 33.6 Å². The number of nitrogens with zero attached hydrogens (tertiary/aromatic N) is 1. The van der Waals surface area contributed by atoms with Gasteiger partial charge in [-0.3, -0.25) is 9.36 Å². The molecule has 100 valence electrons. The summed E-state index contributed by atoms with van der Waals surface area (Å²) in [4.78, 5) is 30.8.